The van der Waals surface area contributed by atoms with E-state index in [2.05, 4.69) is 27.8 Å². The number of hydrogen-bond acceptors (Lipinski definition) is 8. The van der Waals surface area contributed by atoms with Gasteiger partial charge in [-0.2, -0.15) is 0 Å². The Morgan fingerprint density at radius 1 is 0.722 bits per heavy atom. The molecule has 0 bridgehead atoms. The minimum absolute atomic E-state index is 0.113. The molecular formula is C25H39N3O8. The topological polar surface area (TPSA) is 141 Å². The highest BCUT2D eigenvalue weighted by Gasteiger charge is 2.30. The first-order valence-corrected chi connectivity index (χ1v) is 11.9. The van der Waals surface area contributed by atoms with Gasteiger partial charge in [0.2, 0.25) is 18.2 Å². The largest absolute Gasteiger partial charge is 0.377 e. The second-order valence-electron chi connectivity index (χ2n) is 7.69. The van der Waals surface area contributed by atoms with Crippen molar-refractivity contribution in [2.45, 2.75) is 44.1 Å². The Hall–Kier alpha value is -2.96. The fraction of sp³-hybridized carbons (Fsp3) is 0.680. The van der Waals surface area contributed by atoms with Crippen molar-refractivity contribution in [3.05, 3.63) is 0 Å². The van der Waals surface area contributed by atoms with Gasteiger partial charge in [0.1, 0.15) is 19.5 Å². The van der Waals surface area contributed by atoms with Crippen LogP contribution in [0.2, 0.25) is 0 Å². The maximum Gasteiger partial charge on any atom is 0.220 e. The summed E-state index contributed by atoms with van der Waals surface area (Å²) >= 11 is 0. The van der Waals surface area contributed by atoms with Crippen LogP contribution >= 0.6 is 0 Å². The molecule has 0 aliphatic heterocycles. The van der Waals surface area contributed by atoms with E-state index < -0.39 is 5.54 Å². The molecule has 0 aromatic rings. The van der Waals surface area contributed by atoms with Crippen molar-refractivity contribution in [1.29, 1.82) is 0 Å². The van der Waals surface area contributed by atoms with Gasteiger partial charge in [0, 0.05) is 37.9 Å². The smallest absolute Gasteiger partial charge is 0.220 e. The zero-order chi connectivity index (χ0) is 26.7. The van der Waals surface area contributed by atoms with Crippen molar-refractivity contribution < 1.29 is 38.1 Å². The number of rotatable bonds is 25. The molecular weight excluding hydrogens is 470 g/mol. The summed E-state index contributed by atoms with van der Waals surface area (Å²) in [5, 5.41) is 8.22. The summed E-state index contributed by atoms with van der Waals surface area (Å²) in [6, 6.07) is 0. The molecule has 36 heavy (non-hydrogen) atoms. The highest BCUT2D eigenvalue weighted by atomic mass is 16.5. The molecule has 0 rings (SSSR count). The van der Waals surface area contributed by atoms with E-state index in [1.54, 1.807) is 0 Å². The molecule has 0 aliphatic carbocycles. The molecule has 0 aliphatic rings. The summed E-state index contributed by atoms with van der Waals surface area (Å²) in [6.07, 6.45) is 12.7. The molecule has 0 saturated heterocycles. The van der Waals surface area contributed by atoms with Gasteiger partial charge in [0.05, 0.1) is 39.6 Å². The third-order valence-corrected chi connectivity index (χ3v) is 5.02. The molecule has 3 amide bonds. The number of aldehydes is 1. The van der Waals surface area contributed by atoms with E-state index >= 15 is 0 Å². The lowest BCUT2D eigenvalue weighted by Crippen LogP contribution is -2.46. The predicted molar refractivity (Wildman–Crippen MR) is 133 cm³/mol. The second-order valence-corrected chi connectivity index (χ2v) is 7.69. The summed E-state index contributed by atoms with van der Waals surface area (Å²) in [4.78, 5) is 46.7. The Kier molecular flexibility index (Phi) is 21.8. The van der Waals surface area contributed by atoms with Crippen molar-refractivity contribution in [1.82, 2.24) is 16.0 Å². The number of carbonyl (C=O) groups excluding carboxylic acids is 4. The van der Waals surface area contributed by atoms with Crippen LogP contribution in [0.3, 0.4) is 0 Å². The van der Waals surface area contributed by atoms with Crippen LogP contribution < -0.4 is 16.0 Å². The highest BCUT2D eigenvalue weighted by molar-refractivity contribution is 5.77. The average Bonchev–Trinajstić information content (AvgIpc) is 2.88. The predicted octanol–water partition coefficient (Wildman–Crippen LogP) is -0.424. The standard InChI is InChI=1S/C25H39N3O8/c1-3-14-33-18-20-35-16-11-26-23(31)6-9-25(28-22-30,8-5-13-29)10-7-24(32)27-12-17-36-21-19-34-15-4-2/h1-2,13,22H,5-12,14-21H2,(H,26,31)(H,27,32)(H,28,30). The van der Waals surface area contributed by atoms with E-state index in [0.717, 1.165) is 6.29 Å². The minimum Gasteiger partial charge on any atom is -0.377 e. The number of carbonyl (C=O) groups is 4. The van der Waals surface area contributed by atoms with Crippen LogP contribution in [0, 0.1) is 24.7 Å². The summed E-state index contributed by atoms with van der Waals surface area (Å²) < 4.78 is 20.8. The van der Waals surface area contributed by atoms with Gasteiger partial charge in [-0.25, -0.2) is 0 Å². The quantitative estimate of drug-likeness (QED) is 0.0856. The van der Waals surface area contributed by atoms with E-state index in [4.69, 9.17) is 31.8 Å². The van der Waals surface area contributed by atoms with Gasteiger partial charge in [-0.05, 0) is 19.3 Å². The van der Waals surface area contributed by atoms with Gasteiger partial charge in [0.25, 0.3) is 0 Å². The summed E-state index contributed by atoms with van der Waals surface area (Å²) in [6.45, 7) is 3.19. The average molecular weight is 510 g/mol. The lowest BCUT2D eigenvalue weighted by molar-refractivity contribution is -0.122. The van der Waals surface area contributed by atoms with Gasteiger partial charge in [-0.3, -0.25) is 14.4 Å². The Labute approximate surface area is 213 Å². The Bertz CT molecular complexity index is 656. The first kappa shape index (κ1) is 33.0. The molecule has 0 atom stereocenters. The summed E-state index contributed by atoms with van der Waals surface area (Å²) in [5.74, 6) is 4.26. The molecule has 0 heterocycles. The van der Waals surface area contributed by atoms with Crippen LogP contribution in [-0.4, -0.2) is 96.0 Å². The number of ether oxygens (including phenoxy) is 4. The first-order chi connectivity index (χ1) is 17.5. The Morgan fingerprint density at radius 3 is 1.61 bits per heavy atom. The third-order valence-electron chi connectivity index (χ3n) is 5.02. The Balaban J connectivity index is 4.39. The number of terminal acetylenes is 2. The van der Waals surface area contributed by atoms with Crippen LogP contribution in [0.4, 0.5) is 0 Å². The van der Waals surface area contributed by atoms with Crippen molar-refractivity contribution in [3.8, 4) is 24.7 Å². The zero-order valence-corrected chi connectivity index (χ0v) is 20.9. The molecule has 3 N–H and O–H groups in total. The number of nitrogens with one attached hydrogen (secondary N) is 3. The zero-order valence-electron chi connectivity index (χ0n) is 20.9. The molecule has 0 spiro atoms. The lowest BCUT2D eigenvalue weighted by Gasteiger charge is -2.33. The van der Waals surface area contributed by atoms with E-state index in [1.165, 1.54) is 0 Å². The number of amides is 3. The first-order valence-electron chi connectivity index (χ1n) is 11.9. The van der Waals surface area contributed by atoms with Gasteiger partial charge in [-0.1, -0.05) is 11.8 Å². The van der Waals surface area contributed by atoms with Crippen LogP contribution in [0.15, 0.2) is 0 Å². The van der Waals surface area contributed by atoms with Gasteiger partial charge >= 0.3 is 0 Å². The third kappa shape index (κ3) is 19.4. The van der Waals surface area contributed by atoms with Crippen molar-refractivity contribution >= 4 is 24.5 Å². The van der Waals surface area contributed by atoms with Crippen molar-refractivity contribution in [3.63, 3.8) is 0 Å². The highest BCUT2D eigenvalue weighted by Crippen LogP contribution is 2.25. The lowest BCUT2D eigenvalue weighted by atomic mass is 9.83. The van der Waals surface area contributed by atoms with E-state index in [9.17, 15) is 19.2 Å². The molecule has 0 aromatic heterocycles. The fourth-order valence-electron chi connectivity index (χ4n) is 3.16. The molecule has 11 heteroatoms. The van der Waals surface area contributed by atoms with Gasteiger partial charge in [-0.15, -0.1) is 12.8 Å². The molecule has 0 aromatic carbocycles. The molecule has 0 saturated carbocycles. The summed E-state index contributed by atoms with van der Waals surface area (Å²) in [7, 11) is 0. The van der Waals surface area contributed by atoms with E-state index in [-0.39, 0.29) is 57.1 Å². The van der Waals surface area contributed by atoms with Gasteiger partial charge < -0.3 is 39.7 Å². The van der Waals surface area contributed by atoms with E-state index in [0.29, 0.717) is 65.6 Å². The molecule has 11 nitrogen and oxygen atoms in total. The maximum absolute atomic E-state index is 12.3. The van der Waals surface area contributed by atoms with E-state index in [1.807, 2.05) is 0 Å². The molecule has 202 valence electrons. The Morgan fingerprint density at radius 2 is 1.19 bits per heavy atom. The molecule has 0 radical (unpaired) electrons. The van der Waals surface area contributed by atoms with Gasteiger partial charge in [0.15, 0.2) is 0 Å². The summed E-state index contributed by atoms with van der Waals surface area (Å²) in [5.41, 5.74) is -0.854. The fourth-order valence-corrected chi connectivity index (χ4v) is 3.16. The minimum atomic E-state index is -0.854. The molecule has 0 unspecified atom stereocenters. The van der Waals surface area contributed by atoms with Crippen LogP contribution in [0.1, 0.15) is 38.5 Å². The van der Waals surface area contributed by atoms with Crippen LogP contribution in [0.25, 0.3) is 0 Å². The second kappa shape index (κ2) is 23.8. The van der Waals surface area contributed by atoms with Crippen molar-refractivity contribution in [2.75, 3.05) is 65.9 Å². The molecule has 0 fully saturated rings. The van der Waals surface area contributed by atoms with Crippen LogP contribution in [0.5, 0.6) is 0 Å². The SMILES string of the molecule is C#CCOCCOCCNC(=O)CCC(CCC=O)(CCC(=O)NCCOCCOCC#C)NC=O. The van der Waals surface area contributed by atoms with Crippen molar-refractivity contribution in [2.24, 2.45) is 0 Å². The maximum atomic E-state index is 12.3. The normalized spacial score (nSPS) is 10.6. The van der Waals surface area contributed by atoms with Crippen LogP contribution in [-0.2, 0) is 38.1 Å². The number of hydrogen-bond donors (Lipinski definition) is 3. The monoisotopic (exact) mass is 509 g/mol.